The molecule has 2 aromatic carbocycles. The Balaban J connectivity index is 1.37. The van der Waals surface area contributed by atoms with Crippen LogP contribution in [0.5, 0.6) is 17.2 Å². The molecule has 322 valence electrons. The fourth-order valence-corrected chi connectivity index (χ4v) is 10.9. The molecule has 2 saturated carbocycles. The highest BCUT2D eigenvalue weighted by Crippen LogP contribution is 2.62. The predicted molar refractivity (Wildman–Crippen MR) is 232 cm³/mol. The number of allylic oxidation sites excluding steroid dienone is 1. The maximum Gasteiger partial charge on any atom is 0.239 e. The quantitative estimate of drug-likeness (QED) is 0.0582. The predicted octanol–water partition coefficient (Wildman–Crippen LogP) is 9.79. The van der Waals surface area contributed by atoms with Gasteiger partial charge in [0.05, 0.1) is 24.8 Å². The van der Waals surface area contributed by atoms with E-state index in [0.29, 0.717) is 43.3 Å². The van der Waals surface area contributed by atoms with Gasteiger partial charge < -0.3 is 38.9 Å². The van der Waals surface area contributed by atoms with Gasteiger partial charge in [-0.2, -0.15) is 0 Å². The number of carbonyl (C=O) groups is 1. The van der Waals surface area contributed by atoms with Crippen molar-refractivity contribution in [3.05, 3.63) is 72.3 Å². The SMILES string of the molecule is C=CCO[C@@]12Oc3ccc(Oc4ccc(SC)cc4)cc3[C@H]3[C@H](CCCCO)[C@@H](CCCCO)C=C(C(=NOC4CCCCO4)C[C@@H]1N(C)C(=O)CCC1CCCC1)[C@H]32. The monoisotopic (exact) mass is 830 g/mol. The van der Waals surface area contributed by atoms with Gasteiger partial charge in [0, 0.05) is 55.9 Å². The van der Waals surface area contributed by atoms with Crippen LogP contribution in [0.15, 0.2) is 76.8 Å². The van der Waals surface area contributed by atoms with Crippen molar-refractivity contribution in [1.29, 1.82) is 0 Å². The topological polar surface area (TPSA) is 119 Å². The minimum absolute atomic E-state index is 0.0751. The van der Waals surface area contributed by atoms with Crippen molar-refractivity contribution in [3.63, 3.8) is 0 Å². The molecule has 5 aliphatic rings. The summed E-state index contributed by atoms with van der Waals surface area (Å²) >= 11 is 1.69. The normalized spacial score (nSPS) is 28.3. The maximum atomic E-state index is 14.4. The number of rotatable bonds is 20. The van der Waals surface area contributed by atoms with Crippen LogP contribution in [0.2, 0.25) is 0 Å². The van der Waals surface area contributed by atoms with Gasteiger partial charge in [0.25, 0.3) is 0 Å². The van der Waals surface area contributed by atoms with Crippen LogP contribution in [0, 0.1) is 23.7 Å². The second-order valence-electron chi connectivity index (χ2n) is 17.1. The minimum atomic E-state index is -1.27. The Kier molecular flexibility index (Phi) is 15.5. The summed E-state index contributed by atoms with van der Waals surface area (Å²) in [7, 11) is 1.91. The average Bonchev–Trinajstić information content (AvgIpc) is 3.80. The lowest BCUT2D eigenvalue weighted by Gasteiger charge is -2.59. The molecule has 7 rings (SSSR count). The summed E-state index contributed by atoms with van der Waals surface area (Å²) in [6.45, 7) is 5.20. The number of aliphatic hydroxyl groups excluding tert-OH is 2. The summed E-state index contributed by atoms with van der Waals surface area (Å²) in [5.74, 6) is 1.36. The Morgan fingerprint density at radius 2 is 1.73 bits per heavy atom. The van der Waals surface area contributed by atoms with Gasteiger partial charge in [-0.25, -0.2) is 0 Å². The molecule has 2 heterocycles. The lowest BCUT2D eigenvalue weighted by Crippen LogP contribution is -2.69. The third-order valence-electron chi connectivity index (χ3n) is 13.5. The van der Waals surface area contributed by atoms with Crippen molar-refractivity contribution in [3.8, 4) is 17.2 Å². The zero-order valence-electron chi connectivity index (χ0n) is 35.2. The standard InChI is InChI=1S/C48H66N2O8S/c1-4-28-55-48-43(50(2)44(53)25-18-33-13-5-6-14-33)32-41(49-58-45-17-9-12-29-54-45)39-30-34(15-7-10-26-51)38(16-8-11-27-52)46(47(39)48)40-31-36(21-24-42(40)57-48)56-35-19-22-37(59-3)23-20-35/h4,19-24,30-31,33-34,38,43,45-47,51-52H,1,5-18,25-29,32H2,2-3H3/t34-,38+,43-,45?,46+,47+,48+/m0/s1. The molecule has 1 saturated heterocycles. The molecule has 3 fully saturated rings. The average molecular weight is 831 g/mol. The number of oxime groups is 1. The van der Waals surface area contributed by atoms with E-state index in [1.165, 1.54) is 25.7 Å². The van der Waals surface area contributed by atoms with Crippen LogP contribution in [-0.4, -0.2) is 84.6 Å². The van der Waals surface area contributed by atoms with Crippen LogP contribution in [-0.2, 0) is 19.1 Å². The number of fused-ring (bicyclic) bond motifs is 2. The van der Waals surface area contributed by atoms with Gasteiger partial charge in [-0.1, -0.05) is 55.8 Å². The number of carbonyl (C=O) groups excluding carboxylic acids is 1. The Morgan fingerprint density at radius 3 is 2.44 bits per heavy atom. The van der Waals surface area contributed by atoms with E-state index < -0.39 is 18.1 Å². The molecule has 1 unspecified atom stereocenters. The summed E-state index contributed by atoms with van der Waals surface area (Å²) in [6.07, 6.45) is 20.1. The molecule has 2 N–H and O–H groups in total. The lowest BCUT2D eigenvalue weighted by molar-refractivity contribution is -0.256. The van der Waals surface area contributed by atoms with Crippen molar-refractivity contribution >= 4 is 23.4 Å². The van der Waals surface area contributed by atoms with Gasteiger partial charge in [-0.3, -0.25) is 4.79 Å². The van der Waals surface area contributed by atoms with Crippen LogP contribution >= 0.6 is 11.8 Å². The Hall–Kier alpha value is -3.35. The molecular weight excluding hydrogens is 765 g/mol. The van der Waals surface area contributed by atoms with Crippen LogP contribution in [0.4, 0.5) is 0 Å². The number of nitrogens with zero attached hydrogens (tertiary/aromatic N) is 2. The summed E-state index contributed by atoms with van der Waals surface area (Å²) < 4.78 is 27.0. The van der Waals surface area contributed by atoms with Gasteiger partial charge in [0.15, 0.2) is 0 Å². The first-order chi connectivity index (χ1) is 28.9. The molecule has 1 amide bonds. The third-order valence-corrected chi connectivity index (χ3v) is 14.2. The molecule has 59 heavy (non-hydrogen) atoms. The minimum Gasteiger partial charge on any atom is -0.459 e. The summed E-state index contributed by atoms with van der Waals surface area (Å²) in [5, 5.41) is 24.8. The Labute approximate surface area is 355 Å². The number of hydrogen-bond donors (Lipinski definition) is 2. The van der Waals surface area contributed by atoms with Crippen molar-refractivity contribution in [2.75, 3.05) is 39.7 Å². The van der Waals surface area contributed by atoms with E-state index in [4.69, 9.17) is 28.9 Å². The summed E-state index contributed by atoms with van der Waals surface area (Å²) in [6, 6.07) is 13.7. The van der Waals surface area contributed by atoms with Crippen molar-refractivity contribution in [2.45, 2.75) is 132 Å². The van der Waals surface area contributed by atoms with Crippen LogP contribution < -0.4 is 9.47 Å². The van der Waals surface area contributed by atoms with Crippen LogP contribution in [0.1, 0.15) is 114 Å². The first kappa shape index (κ1) is 43.7. The van der Waals surface area contributed by atoms with E-state index in [0.717, 1.165) is 85.3 Å². The largest absolute Gasteiger partial charge is 0.459 e. The highest BCUT2D eigenvalue weighted by Gasteiger charge is 2.65. The smallest absolute Gasteiger partial charge is 0.239 e. The number of aliphatic hydroxyl groups is 2. The Morgan fingerprint density at radius 1 is 0.983 bits per heavy atom. The van der Waals surface area contributed by atoms with Gasteiger partial charge in [-0.15, -0.1) is 18.3 Å². The molecule has 2 aromatic rings. The molecule has 2 aliphatic heterocycles. The molecule has 3 aliphatic carbocycles. The highest BCUT2D eigenvalue weighted by atomic mass is 32.2. The van der Waals surface area contributed by atoms with Crippen molar-refractivity contribution in [2.24, 2.45) is 28.8 Å². The summed E-state index contributed by atoms with van der Waals surface area (Å²) in [4.78, 5) is 23.7. The number of unbranched alkanes of at least 4 members (excludes halogenated alkanes) is 2. The lowest BCUT2D eigenvalue weighted by atomic mass is 9.55. The highest BCUT2D eigenvalue weighted by molar-refractivity contribution is 7.98. The zero-order valence-corrected chi connectivity index (χ0v) is 36.0. The number of thioether (sulfide) groups is 1. The van der Waals surface area contributed by atoms with E-state index >= 15 is 0 Å². The second kappa shape index (κ2) is 21.0. The first-order valence-corrected chi connectivity index (χ1v) is 23.5. The van der Waals surface area contributed by atoms with Gasteiger partial charge >= 0.3 is 0 Å². The first-order valence-electron chi connectivity index (χ1n) is 22.3. The molecule has 0 spiro atoms. The maximum absolute atomic E-state index is 14.4. The Bertz CT molecular complexity index is 1760. The molecule has 10 nitrogen and oxygen atoms in total. The van der Waals surface area contributed by atoms with Gasteiger partial charge in [-0.05, 0) is 117 Å². The molecular formula is C48H66N2O8S. The molecule has 11 heteroatoms. The second-order valence-corrected chi connectivity index (χ2v) is 18.0. The van der Waals surface area contributed by atoms with E-state index in [1.807, 2.05) is 36.2 Å². The van der Waals surface area contributed by atoms with Crippen molar-refractivity contribution < 1.29 is 38.8 Å². The van der Waals surface area contributed by atoms with Crippen LogP contribution in [0.3, 0.4) is 0 Å². The number of amides is 1. The number of likely N-dealkylation sites (N-methyl/N-ethyl adjacent to an activating group) is 1. The van der Waals surface area contributed by atoms with Crippen molar-refractivity contribution in [1.82, 2.24) is 4.90 Å². The molecule has 0 radical (unpaired) electrons. The molecule has 0 aromatic heterocycles. The fraction of sp³-hybridized carbons (Fsp3) is 0.625. The fourth-order valence-electron chi connectivity index (χ4n) is 10.5. The summed E-state index contributed by atoms with van der Waals surface area (Å²) in [5.41, 5.74) is 2.85. The van der Waals surface area contributed by atoms with Crippen LogP contribution in [0.25, 0.3) is 0 Å². The van der Waals surface area contributed by atoms with E-state index in [2.05, 4.69) is 37.1 Å². The number of benzene rings is 2. The zero-order chi connectivity index (χ0) is 41.2. The van der Waals surface area contributed by atoms with E-state index in [1.54, 1.807) is 17.8 Å². The number of hydrogen-bond acceptors (Lipinski definition) is 10. The third kappa shape index (κ3) is 10.1. The van der Waals surface area contributed by atoms with Gasteiger partial charge in [0.1, 0.15) is 23.3 Å². The van der Waals surface area contributed by atoms with E-state index in [-0.39, 0.29) is 49.4 Å². The van der Waals surface area contributed by atoms with E-state index in [9.17, 15) is 15.0 Å². The van der Waals surface area contributed by atoms with Gasteiger partial charge in [0.2, 0.25) is 18.0 Å². The molecule has 0 bridgehead atoms. The number of ether oxygens (including phenoxy) is 4. The molecule has 7 atom stereocenters.